The summed E-state index contributed by atoms with van der Waals surface area (Å²) in [6, 6.07) is -0.885. The fraction of sp³-hybridized carbons (Fsp3) is 0.875. The molecule has 18 heavy (non-hydrogen) atoms. The molecule has 0 saturated heterocycles. The van der Waals surface area contributed by atoms with Gasteiger partial charge in [0.1, 0.15) is 0 Å². The van der Waals surface area contributed by atoms with E-state index in [1.807, 2.05) is 0 Å². The van der Waals surface area contributed by atoms with E-state index in [2.05, 4.69) is 10.1 Å². The monoisotopic (exact) mass is 277 g/mol. The van der Waals surface area contributed by atoms with Gasteiger partial charge >= 0.3 is 14.8 Å². The van der Waals surface area contributed by atoms with E-state index in [0.717, 1.165) is 5.01 Å². The molecule has 104 valence electrons. The molecule has 2 amide bonds. The van der Waals surface area contributed by atoms with Crippen LogP contribution in [0.15, 0.2) is 5.22 Å². The minimum Gasteiger partial charge on any atom is -0.371 e. The van der Waals surface area contributed by atoms with Gasteiger partial charge in [-0.1, -0.05) is 0 Å². The molecule has 0 saturated carbocycles. The largest absolute Gasteiger partial charge is 0.545 e. The minimum atomic E-state index is -3.10. The number of hydrogen-bond donors (Lipinski definition) is 1. The predicted molar refractivity (Wildman–Crippen MR) is 66.1 cm³/mol. The summed E-state index contributed by atoms with van der Waals surface area (Å²) >= 11 is 0. The summed E-state index contributed by atoms with van der Waals surface area (Å²) in [5.74, 6) is 0. The standard InChI is InChI=1S/C8H19N5O4Si/c1-4-15-18(16-5-2,17-6-3)7-13(8(9)14)12-11-10/h4-7H2,1-3H3,(H2,9,14). The highest BCUT2D eigenvalue weighted by molar-refractivity contribution is 6.61. The normalized spacial score (nSPS) is 10.8. The molecule has 0 aliphatic heterocycles. The lowest BCUT2D eigenvalue weighted by atomic mass is 10.9. The zero-order valence-corrected chi connectivity index (χ0v) is 11.8. The molecule has 0 aromatic heterocycles. The Kier molecular flexibility index (Phi) is 8.08. The van der Waals surface area contributed by atoms with Gasteiger partial charge in [-0.2, -0.15) is 9.92 Å². The van der Waals surface area contributed by atoms with Gasteiger partial charge in [-0.25, -0.2) is 4.79 Å². The number of hydrogen-bond acceptors (Lipinski definition) is 5. The van der Waals surface area contributed by atoms with Crippen molar-refractivity contribution in [3.05, 3.63) is 10.4 Å². The van der Waals surface area contributed by atoms with E-state index in [-0.39, 0.29) is 6.17 Å². The lowest BCUT2D eigenvalue weighted by molar-refractivity contribution is 0.0605. The van der Waals surface area contributed by atoms with Crippen LogP contribution in [-0.4, -0.2) is 45.8 Å². The second-order valence-electron chi connectivity index (χ2n) is 3.06. The quantitative estimate of drug-likeness (QED) is 0.223. The summed E-state index contributed by atoms with van der Waals surface area (Å²) in [4.78, 5) is 13.6. The van der Waals surface area contributed by atoms with Crippen LogP contribution in [0.5, 0.6) is 0 Å². The van der Waals surface area contributed by atoms with Crippen molar-refractivity contribution in [2.24, 2.45) is 11.0 Å². The SMILES string of the molecule is CCO[Si](CN(N=[N+]=[N-])C(N)=O)(OCC)OCC. The average Bonchev–Trinajstić information content (AvgIpc) is 2.29. The first-order chi connectivity index (χ1) is 8.55. The molecule has 0 heterocycles. The van der Waals surface area contributed by atoms with Crippen LogP contribution in [-0.2, 0) is 13.3 Å². The third kappa shape index (κ3) is 5.34. The van der Waals surface area contributed by atoms with Crippen LogP contribution in [0.1, 0.15) is 20.8 Å². The summed E-state index contributed by atoms with van der Waals surface area (Å²) in [5, 5.41) is 3.93. The molecule has 0 rings (SSSR count). The number of primary amides is 1. The molecule has 0 aliphatic rings. The highest BCUT2D eigenvalue weighted by Crippen LogP contribution is 2.12. The van der Waals surface area contributed by atoms with Gasteiger partial charge in [-0.3, -0.25) is 0 Å². The maximum Gasteiger partial charge on any atom is 0.545 e. The molecule has 0 spiro atoms. The molecule has 0 aromatic carbocycles. The Morgan fingerprint density at radius 1 is 1.28 bits per heavy atom. The van der Waals surface area contributed by atoms with Gasteiger partial charge in [0.25, 0.3) is 0 Å². The second-order valence-corrected chi connectivity index (χ2v) is 5.61. The number of azide groups is 1. The molecule has 0 bridgehead atoms. The molecule has 10 heteroatoms. The summed E-state index contributed by atoms with van der Waals surface area (Å²) < 4.78 is 16.5. The number of rotatable bonds is 9. The van der Waals surface area contributed by atoms with Crippen LogP contribution in [0.3, 0.4) is 0 Å². The Hall–Kier alpha value is -1.32. The predicted octanol–water partition coefficient (Wildman–Crippen LogP) is 1.18. The smallest absolute Gasteiger partial charge is 0.371 e. The molecule has 9 nitrogen and oxygen atoms in total. The van der Waals surface area contributed by atoms with Gasteiger partial charge in [0.05, 0.1) is 0 Å². The molecule has 0 aromatic rings. The molecule has 0 atom stereocenters. The molecule has 2 N–H and O–H groups in total. The van der Waals surface area contributed by atoms with Gasteiger partial charge in [-0.15, -0.1) is 5.53 Å². The van der Waals surface area contributed by atoms with Gasteiger partial charge < -0.3 is 19.0 Å². The van der Waals surface area contributed by atoms with Gasteiger partial charge in [0, 0.05) is 19.8 Å². The summed E-state index contributed by atoms with van der Waals surface area (Å²) in [6.07, 6.45) is -0.109. The van der Waals surface area contributed by atoms with E-state index in [0.29, 0.717) is 19.8 Å². The number of carbonyl (C=O) groups excluding carboxylic acids is 1. The van der Waals surface area contributed by atoms with E-state index in [1.165, 1.54) is 0 Å². The third-order valence-corrected chi connectivity index (χ3v) is 4.71. The lowest BCUT2D eigenvalue weighted by Gasteiger charge is -2.28. The van der Waals surface area contributed by atoms with Crippen molar-refractivity contribution in [3.63, 3.8) is 0 Å². The molecule has 0 aliphatic carbocycles. The number of amides is 2. The van der Waals surface area contributed by atoms with Crippen LogP contribution in [0.2, 0.25) is 0 Å². The summed E-state index contributed by atoms with van der Waals surface area (Å²) in [5.41, 5.74) is 13.5. The van der Waals surface area contributed by atoms with E-state index < -0.39 is 14.8 Å². The minimum absolute atomic E-state index is 0.109. The van der Waals surface area contributed by atoms with E-state index >= 15 is 0 Å². The first-order valence-electron chi connectivity index (χ1n) is 5.59. The summed E-state index contributed by atoms with van der Waals surface area (Å²) in [6.45, 7) is 6.41. The third-order valence-electron chi connectivity index (χ3n) is 1.84. The van der Waals surface area contributed by atoms with Crippen molar-refractivity contribution in [2.45, 2.75) is 20.8 Å². The number of urea groups is 1. The maximum absolute atomic E-state index is 11.1. The first kappa shape index (κ1) is 16.7. The van der Waals surface area contributed by atoms with Crippen molar-refractivity contribution >= 4 is 14.8 Å². The Balaban J connectivity index is 5.01. The van der Waals surface area contributed by atoms with E-state index in [4.69, 9.17) is 24.5 Å². The molecule has 0 unspecified atom stereocenters. The van der Waals surface area contributed by atoms with Crippen LogP contribution in [0.25, 0.3) is 10.4 Å². The van der Waals surface area contributed by atoms with Crippen LogP contribution < -0.4 is 5.73 Å². The van der Waals surface area contributed by atoms with Gasteiger partial charge in [0.15, 0.2) is 6.17 Å². The van der Waals surface area contributed by atoms with Gasteiger partial charge in [-0.05, 0) is 26.0 Å². The van der Waals surface area contributed by atoms with Crippen molar-refractivity contribution in [1.29, 1.82) is 0 Å². The highest BCUT2D eigenvalue weighted by Gasteiger charge is 2.46. The Morgan fingerprint density at radius 3 is 2.00 bits per heavy atom. The molecule has 0 radical (unpaired) electrons. The van der Waals surface area contributed by atoms with E-state index in [1.54, 1.807) is 20.8 Å². The van der Waals surface area contributed by atoms with Crippen molar-refractivity contribution in [1.82, 2.24) is 5.01 Å². The lowest BCUT2D eigenvalue weighted by Crippen LogP contribution is -2.56. The van der Waals surface area contributed by atoms with Crippen molar-refractivity contribution in [3.8, 4) is 0 Å². The zero-order valence-electron chi connectivity index (χ0n) is 10.8. The van der Waals surface area contributed by atoms with Crippen LogP contribution >= 0.6 is 0 Å². The van der Waals surface area contributed by atoms with Gasteiger partial charge in [0.2, 0.25) is 0 Å². The Bertz CT molecular complexity index is 291. The van der Waals surface area contributed by atoms with Crippen LogP contribution in [0, 0.1) is 0 Å². The number of carbonyl (C=O) groups is 1. The second kappa shape index (κ2) is 8.72. The fourth-order valence-corrected chi connectivity index (χ4v) is 3.74. The summed E-state index contributed by atoms with van der Waals surface area (Å²) in [7, 11) is -3.10. The average molecular weight is 277 g/mol. The van der Waals surface area contributed by atoms with E-state index in [9.17, 15) is 4.79 Å². The Labute approximate surface area is 107 Å². The molecular formula is C8H19N5O4Si. The maximum atomic E-state index is 11.1. The van der Waals surface area contributed by atoms with Crippen molar-refractivity contribution < 1.29 is 18.1 Å². The molecular weight excluding hydrogens is 258 g/mol. The zero-order chi connectivity index (χ0) is 14.0. The van der Waals surface area contributed by atoms with Crippen molar-refractivity contribution in [2.75, 3.05) is 26.0 Å². The highest BCUT2D eigenvalue weighted by atomic mass is 28.4. The number of nitrogens with two attached hydrogens (primary N) is 1. The topological polar surface area (TPSA) is 123 Å². The van der Waals surface area contributed by atoms with Crippen LogP contribution in [0.4, 0.5) is 4.79 Å². The number of nitrogens with zero attached hydrogens (tertiary/aromatic N) is 4. The Morgan fingerprint density at radius 2 is 1.72 bits per heavy atom. The fourth-order valence-electron chi connectivity index (χ4n) is 1.31. The first-order valence-corrected chi connectivity index (χ1v) is 7.52. The molecule has 0 fully saturated rings.